The Balaban J connectivity index is 1.46. The first kappa shape index (κ1) is 23.3. The van der Waals surface area contributed by atoms with Crippen molar-refractivity contribution in [3.63, 3.8) is 0 Å². The maximum atomic E-state index is 13.3. The standard InChI is InChI=1S/C21H21F4N3O4S/c22-16-4-2-15(3-5-16)20(7-8-20)28-11-9-27(10-12-28)19(29)14-1-6-17(26-33(30)31)18(13-14)32-21(23,24)25/h1-6,13,33H,7-12H2,(H,26,30,31). The van der Waals surface area contributed by atoms with Crippen LogP contribution in [0.5, 0.6) is 5.75 Å². The van der Waals surface area contributed by atoms with Crippen molar-refractivity contribution in [3.8, 4) is 5.75 Å². The molecule has 0 atom stereocenters. The molecule has 1 amide bonds. The number of hydrogen-bond acceptors (Lipinski definition) is 5. The molecule has 0 spiro atoms. The van der Waals surface area contributed by atoms with Crippen molar-refractivity contribution in [1.82, 2.24) is 9.80 Å². The first-order valence-electron chi connectivity index (χ1n) is 10.2. The summed E-state index contributed by atoms with van der Waals surface area (Å²) in [6, 6.07) is 9.59. The van der Waals surface area contributed by atoms with E-state index < -0.39 is 34.6 Å². The molecule has 1 saturated carbocycles. The highest BCUT2D eigenvalue weighted by molar-refractivity contribution is 7.73. The lowest BCUT2D eigenvalue weighted by Crippen LogP contribution is -2.52. The van der Waals surface area contributed by atoms with Crippen LogP contribution in [0.25, 0.3) is 0 Å². The Bertz CT molecular complexity index is 1100. The number of anilines is 1. The fraction of sp³-hybridized carbons (Fsp3) is 0.381. The fourth-order valence-electron chi connectivity index (χ4n) is 4.24. The lowest BCUT2D eigenvalue weighted by molar-refractivity contribution is -0.274. The molecule has 7 nitrogen and oxygen atoms in total. The molecule has 2 aliphatic rings. The van der Waals surface area contributed by atoms with Crippen LogP contribution in [-0.4, -0.2) is 56.7 Å². The predicted molar refractivity (Wildman–Crippen MR) is 112 cm³/mol. The second kappa shape index (κ2) is 8.82. The van der Waals surface area contributed by atoms with E-state index in [4.69, 9.17) is 0 Å². The minimum absolute atomic E-state index is 0.0472. The molecule has 1 saturated heterocycles. The third-order valence-corrected chi connectivity index (χ3v) is 6.37. The minimum Gasteiger partial charge on any atom is -0.404 e. The number of ether oxygens (including phenoxy) is 1. The van der Waals surface area contributed by atoms with Crippen LogP contribution >= 0.6 is 0 Å². The minimum atomic E-state index is -5.06. The van der Waals surface area contributed by atoms with Crippen molar-refractivity contribution in [3.05, 3.63) is 59.4 Å². The van der Waals surface area contributed by atoms with Crippen LogP contribution in [0.4, 0.5) is 23.2 Å². The van der Waals surface area contributed by atoms with E-state index in [-0.39, 0.29) is 16.9 Å². The largest absolute Gasteiger partial charge is 0.573 e. The summed E-state index contributed by atoms with van der Waals surface area (Å²) in [5.74, 6) is -1.59. The number of piperazine rings is 1. The van der Waals surface area contributed by atoms with Crippen molar-refractivity contribution in [1.29, 1.82) is 0 Å². The van der Waals surface area contributed by atoms with E-state index in [1.165, 1.54) is 23.1 Å². The molecule has 33 heavy (non-hydrogen) atoms. The molecule has 1 aliphatic heterocycles. The molecule has 2 fully saturated rings. The summed E-state index contributed by atoms with van der Waals surface area (Å²) < 4.78 is 79.0. The van der Waals surface area contributed by atoms with Crippen LogP contribution < -0.4 is 9.46 Å². The highest BCUT2D eigenvalue weighted by Crippen LogP contribution is 2.51. The van der Waals surface area contributed by atoms with Crippen molar-refractivity contribution in [2.45, 2.75) is 24.7 Å². The van der Waals surface area contributed by atoms with E-state index in [1.807, 2.05) is 4.72 Å². The van der Waals surface area contributed by atoms with Gasteiger partial charge in [0.2, 0.25) is 10.9 Å². The first-order valence-corrected chi connectivity index (χ1v) is 11.4. The van der Waals surface area contributed by atoms with Gasteiger partial charge in [-0.3, -0.25) is 14.4 Å². The Kier molecular flexibility index (Phi) is 6.23. The van der Waals surface area contributed by atoms with Crippen molar-refractivity contribution < 1.29 is 35.5 Å². The van der Waals surface area contributed by atoms with Gasteiger partial charge in [-0.15, -0.1) is 13.2 Å². The van der Waals surface area contributed by atoms with Gasteiger partial charge in [-0.25, -0.2) is 12.8 Å². The first-order chi connectivity index (χ1) is 15.6. The lowest BCUT2D eigenvalue weighted by Gasteiger charge is -2.40. The van der Waals surface area contributed by atoms with Gasteiger partial charge in [-0.2, -0.15) is 0 Å². The highest BCUT2D eigenvalue weighted by Gasteiger charge is 2.50. The third kappa shape index (κ3) is 5.22. The van der Waals surface area contributed by atoms with Crippen molar-refractivity contribution >= 4 is 22.5 Å². The van der Waals surface area contributed by atoms with Crippen LogP contribution in [0.1, 0.15) is 28.8 Å². The Labute approximate surface area is 189 Å². The Hall–Kier alpha value is -2.86. The third-order valence-electron chi connectivity index (χ3n) is 5.94. The molecule has 178 valence electrons. The molecule has 1 heterocycles. The van der Waals surface area contributed by atoms with E-state index in [1.54, 1.807) is 12.1 Å². The van der Waals surface area contributed by atoms with Crippen LogP contribution in [0.15, 0.2) is 42.5 Å². The number of nitrogens with one attached hydrogen (secondary N) is 1. The van der Waals surface area contributed by atoms with Gasteiger partial charge in [0.25, 0.3) is 5.91 Å². The number of nitrogens with zero attached hydrogens (tertiary/aromatic N) is 2. The number of amides is 1. The molecule has 2 aromatic carbocycles. The average Bonchev–Trinajstić information content (AvgIpc) is 3.56. The van der Waals surface area contributed by atoms with Gasteiger partial charge in [0.15, 0.2) is 5.75 Å². The van der Waals surface area contributed by atoms with Crippen molar-refractivity contribution in [2.75, 3.05) is 30.9 Å². The Morgan fingerprint density at radius 3 is 2.18 bits per heavy atom. The van der Waals surface area contributed by atoms with E-state index >= 15 is 0 Å². The van der Waals surface area contributed by atoms with Crippen molar-refractivity contribution in [2.24, 2.45) is 0 Å². The van der Waals surface area contributed by atoms with E-state index in [9.17, 15) is 30.8 Å². The van der Waals surface area contributed by atoms with Gasteiger partial charge >= 0.3 is 6.36 Å². The Morgan fingerprint density at radius 2 is 1.64 bits per heavy atom. The monoisotopic (exact) mass is 487 g/mol. The molecule has 0 bridgehead atoms. The van der Waals surface area contributed by atoms with Gasteiger partial charge in [-0.1, -0.05) is 12.1 Å². The molecule has 4 rings (SSSR count). The number of alkyl halides is 3. The van der Waals surface area contributed by atoms with E-state index in [0.717, 1.165) is 30.5 Å². The quantitative estimate of drug-likeness (QED) is 0.484. The van der Waals surface area contributed by atoms with Gasteiger partial charge in [0.05, 0.1) is 5.69 Å². The molecular formula is C21H21F4N3O4S. The molecule has 12 heteroatoms. The number of carbonyl (C=O) groups is 1. The number of carbonyl (C=O) groups excluding carboxylic acids is 1. The van der Waals surface area contributed by atoms with Crippen LogP contribution in [0, 0.1) is 5.82 Å². The summed E-state index contributed by atoms with van der Waals surface area (Å²) >= 11 is 0. The zero-order valence-corrected chi connectivity index (χ0v) is 18.2. The SMILES string of the molecule is O=C(c1ccc(N[SH](=O)=O)c(OC(F)(F)F)c1)N1CCN(C2(c3ccc(F)cc3)CC2)CC1. The normalized spacial score (nSPS) is 18.3. The molecule has 0 radical (unpaired) electrons. The number of halogens is 4. The summed E-state index contributed by atoms with van der Waals surface area (Å²) in [7, 11) is -3.22. The highest BCUT2D eigenvalue weighted by atomic mass is 32.2. The maximum absolute atomic E-state index is 13.3. The summed E-state index contributed by atoms with van der Waals surface area (Å²) in [4.78, 5) is 16.7. The molecule has 1 N–H and O–H groups in total. The molecule has 0 unspecified atom stereocenters. The molecule has 0 aromatic heterocycles. The summed E-state index contributed by atoms with van der Waals surface area (Å²) in [6.45, 7) is 1.85. The topological polar surface area (TPSA) is 78.9 Å². The smallest absolute Gasteiger partial charge is 0.404 e. The summed E-state index contributed by atoms with van der Waals surface area (Å²) in [5.41, 5.74) is 0.394. The maximum Gasteiger partial charge on any atom is 0.573 e. The van der Waals surface area contributed by atoms with Gasteiger partial charge in [-0.05, 0) is 48.7 Å². The summed E-state index contributed by atoms with van der Waals surface area (Å²) in [6.07, 6.45) is -3.19. The number of hydrogen-bond donors (Lipinski definition) is 2. The second-order valence-corrected chi connectivity index (χ2v) is 8.68. The van der Waals surface area contributed by atoms with Gasteiger partial charge in [0, 0.05) is 37.3 Å². The summed E-state index contributed by atoms with van der Waals surface area (Å²) in [5, 5.41) is 0. The van der Waals surface area contributed by atoms with Gasteiger partial charge in [0.1, 0.15) is 5.82 Å². The van der Waals surface area contributed by atoms with Crippen LogP contribution in [-0.2, 0) is 16.4 Å². The van der Waals surface area contributed by atoms with Gasteiger partial charge < -0.3 is 9.64 Å². The zero-order valence-electron chi connectivity index (χ0n) is 17.3. The second-order valence-electron chi connectivity index (χ2n) is 7.95. The molecule has 2 aromatic rings. The van der Waals surface area contributed by atoms with E-state index in [2.05, 4.69) is 9.64 Å². The molecular weight excluding hydrogens is 466 g/mol. The van der Waals surface area contributed by atoms with Crippen LogP contribution in [0.2, 0.25) is 0 Å². The number of benzene rings is 2. The average molecular weight is 487 g/mol. The molecule has 1 aliphatic carbocycles. The fourth-order valence-corrected chi connectivity index (χ4v) is 4.62. The number of rotatable bonds is 6. The van der Waals surface area contributed by atoms with E-state index in [0.29, 0.717) is 26.2 Å². The predicted octanol–water partition coefficient (Wildman–Crippen LogP) is 3.11. The lowest BCUT2D eigenvalue weighted by atomic mass is 10.0. The zero-order chi connectivity index (χ0) is 23.8. The Morgan fingerprint density at radius 1 is 1.00 bits per heavy atom. The number of thiol groups is 1. The van der Waals surface area contributed by atoms with Crippen LogP contribution in [0.3, 0.4) is 0 Å².